The van der Waals surface area contributed by atoms with Crippen molar-refractivity contribution in [3.63, 3.8) is 0 Å². The number of hydrogen-bond acceptors (Lipinski definition) is 5. The average molecular weight is 581 g/mol. The van der Waals surface area contributed by atoms with Crippen LogP contribution in [0.2, 0.25) is 5.02 Å². The topological polar surface area (TPSA) is 90.3 Å². The number of ether oxygens (including phenoxy) is 1. The van der Waals surface area contributed by atoms with Gasteiger partial charge in [0.15, 0.2) is 5.60 Å². The number of nitrogens with zero attached hydrogens (tertiary/aromatic N) is 2. The number of allylic oxidation sites excluding steroid dienone is 1. The van der Waals surface area contributed by atoms with E-state index >= 15 is 0 Å². The molecule has 0 aromatic heterocycles. The number of amides is 1. The Balaban J connectivity index is 1.57. The molecule has 3 unspecified atom stereocenters. The van der Waals surface area contributed by atoms with Gasteiger partial charge in [-0.1, -0.05) is 49.2 Å². The minimum absolute atomic E-state index is 0.0854. The number of aryl methyl sites for hydroxylation is 1. The predicted molar refractivity (Wildman–Crippen MR) is 161 cm³/mol. The Hall–Kier alpha value is -3.03. The number of fused-ring (bicyclic) bond motifs is 2. The molecule has 8 heteroatoms. The quantitative estimate of drug-likeness (QED) is 0.446. The second-order valence-corrected chi connectivity index (χ2v) is 12.4. The SMILES string of the molecule is CCCc1cc(Cl)ccc1C1COc2ccc3cc2N(C1)CC1CCC1C/C=C/CCN(C)C(=O)C[C@@]3(O)C(=O)O. The van der Waals surface area contributed by atoms with Crippen LogP contribution in [-0.2, 0) is 21.6 Å². The fourth-order valence-corrected chi connectivity index (χ4v) is 6.67. The molecule has 2 heterocycles. The van der Waals surface area contributed by atoms with Gasteiger partial charge in [0, 0.05) is 37.6 Å². The van der Waals surface area contributed by atoms with Gasteiger partial charge in [0.1, 0.15) is 5.75 Å². The smallest absolute Gasteiger partial charge is 0.340 e. The maximum Gasteiger partial charge on any atom is 0.340 e. The molecule has 220 valence electrons. The number of aliphatic hydroxyl groups is 1. The number of carbonyl (C=O) groups is 2. The highest BCUT2D eigenvalue weighted by Crippen LogP contribution is 2.43. The number of rotatable bonds is 4. The molecule has 7 nitrogen and oxygen atoms in total. The Bertz CT molecular complexity index is 1310. The maximum absolute atomic E-state index is 13.0. The van der Waals surface area contributed by atoms with Gasteiger partial charge < -0.3 is 24.7 Å². The third kappa shape index (κ3) is 6.26. The lowest BCUT2D eigenvalue weighted by atomic mass is 9.71. The van der Waals surface area contributed by atoms with Gasteiger partial charge in [0.2, 0.25) is 5.91 Å². The Morgan fingerprint density at radius 3 is 2.66 bits per heavy atom. The molecule has 0 spiro atoms. The number of carboxylic acid groups (broad SMARTS) is 1. The lowest BCUT2D eigenvalue weighted by Crippen LogP contribution is -2.42. The van der Waals surface area contributed by atoms with Crippen molar-refractivity contribution in [2.75, 3.05) is 38.2 Å². The van der Waals surface area contributed by atoms with E-state index in [9.17, 15) is 19.8 Å². The zero-order chi connectivity index (χ0) is 29.1. The van der Waals surface area contributed by atoms with Crippen LogP contribution in [-0.4, -0.2) is 60.3 Å². The fraction of sp³-hybridized carbons (Fsp3) is 0.515. The summed E-state index contributed by atoms with van der Waals surface area (Å²) in [5.41, 5.74) is 1.05. The van der Waals surface area contributed by atoms with E-state index in [-0.39, 0.29) is 11.5 Å². The number of carbonyl (C=O) groups excluding carboxylic acids is 1. The molecule has 2 aromatic carbocycles. The van der Waals surface area contributed by atoms with Crippen molar-refractivity contribution in [3.8, 4) is 5.75 Å². The first kappa shape index (κ1) is 29.5. The molecule has 5 rings (SSSR count). The van der Waals surface area contributed by atoms with Gasteiger partial charge in [0.25, 0.3) is 0 Å². The van der Waals surface area contributed by atoms with Gasteiger partial charge in [-0.15, -0.1) is 0 Å². The monoisotopic (exact) mass is 580 g/mol. The third-order valence-electron chi connectivity index (χ3n) is 9.18. The van der Waals surface area contributed by atoms with Crippen LogP contribution in [0, 0.1) is 11.8 Å². The second-order valence-electron chi connectivity index (χ2n) is 11.9. The molecule has 3 aliphatic rings. The van der Waals surface area contributed by atoms with Crippen molar-refractivity contribution in [3.05, 3.63) is 70.3 Å². The van der Waals surface area contributed by atoms with E-state index in [1.165, 1.54) is 22.4 Å². The first-order valence-corrected chi connectivity index (χ1v) is 15.2. The van der Waals surface area contributed by atoms with Crippen LogP contribution in [0.25, 0.3) is 0 Å². The summed E-state index contributed by atoms with van der Waals surface area (Å²) in [6.07, 6.45) is 9.76. The summed E-state index contributed by atoms with van der Waals surface area (Å²) in [5, 5.41) is 22.4. The molecular formula is C33H41ClN2O5. The normalized spacial score (nSPS) is 27.7. The van der Waals surface area contributed by atoms with Gasteiger partial charge in [-0.05, 0) is 84.9 Å². The lowest BCUT2D eigenvalue weighted by Gasteiger charge is -2.41. The number of halogens is 1. The van der Waals surface area contributed by atoms with Gasteiger partial charge in [0.05, 0.1) is 18.7 Å². The highest BCUT2D eigenvalue weighted by Gasteiger charge is 2.42. The molecule has 2 bridgehead atoms. The molecule has 2 aromatic rings. The lowest BCUT2D eigenvalue weighted by molar-refractivity contribution is -0.164. The molecule has 2 N–H and O–H groups in total. The van der Waals surface area contributed by atoms with Crippen molar-refractivity contribution < 1.29 is 24.5 Å². The van der Waals surface area contributed by atoms with Crippen LogP contribution >= 0.6 is 11.6 Å². The highest BCUT2D eigenvalue weighted by molar-refractivity contribution is 6.30. The van der Waals surface area contributed by atoms with Crippen molar-refractivity contribution in [1.82, 2.24) is 4.90 Å². The summed E-state index contributed by atoms with van der Waals surface area (Å²) in [6, 6.07) is 11.2. The average Bonchev–Trinajstić information content (AvgIpc) is 3.11. The Morgan fingerprint density at radius 1 is 1.12 bits per heavy atom. The van der Waals surface area contributed by atoms with Gasteiger partial charge >= 0.3 is 5.97 Å². The van der Waals surface area contributed by atoms with Crippen molar-refractivity contribution in [2.24, 2.45) is 11.8 Å². The highest BCUT2D eigenvalue weighted by atomic mass is 35.5. The molecule has 1 saturated carbocycles. The fourth-order valence-electron chi connectivity index (χ4n) is 6.48. The van der Waals surface area contributed by atoms with Crippen LogP contribution in [0.4, 0.5) is 5.69 Å². The van der Waals surface area contributed by atoms with Gasteiger partial charge in [-0.3, -0.25) is 4.79 Å². The van der Waals surface area contributed by atoms with Crippen molar-refractivity contribution in [1.29, 1.82) is 0 Å². The molecule has 41 heavy (non-hydrogen) atoms. The Kier molecular flexibility index (Phi) is 8.95. The second kappa shape index (κ2) is 12.5. The summed E-state index contributed by atoms with van der Waals surface area (Å²) < 4.78 is 6.40. The van der Waals surface area contributed by atoms with Gasteiger partial charge in [-0.2, -0.15) is 0 Å². The van der Waals surface area contributed by atoms with E-state index in [4.69, 9.17) is 16.3 Å². The van der Waals surface area contributed by atoms with Crippen LogP contribution in [0.15, 0.2) is 48.6 Å². The van der Waals surface area contributed by atoms with E-state index in [2.05, 4.69) is 36.1 Å². The number of hydrogen-bond donors (Lipinski definition) is 2. The minimum Gasteiger partial charge on any atom is -0.491 e. The molecule has 0 radical (unpaired) electrons. The molecule has 1 amide bonds. The van der Waals surface area contributed by atoms with Crippen LogP contribution in [0.3, 0.4) is 0 Å². The summed E-state index contributed by atoms with van der Waals surface area (Å²) in [7, 11) is 1.65. The van der Waals surface area contributed by atoms with Crippen LogP contribution in [0.5, 0.6) is 5.75 Å². The molecular weight excluding hydrogens is 540 g/mol. The first-order chi connectivity index (χ1) is 19.7. The van der Waals surface area contributed by atoms with E-state index in [1.807, 2.05) is 6.07 Å². The largest absolute Gasteiger partial charge is 0.491 e. The summed E-state index contributed by atoms with van der Waals surface area (Å²) in [5.74, 6) is -0.0226. The molecule has 2 aliphatic heterocycles. The summed E-state index contributed by atoms with van der Waals surface area (Å²) in [4.78, 5) is 29.3. The van der Waals surface area contributed by atoms with Crippen LogP contribution in [0.1, 0.15) is 68.1 Å². The molecule has 1 aliphatic carbocycles. The van der Waals surface area contributed by atoms with E-state index in [0.717, 1.165) is 42.9 Å². The summed E-state index contributed by atoms with van der Waals surface area (Å²) in [6.45, 7) is 4.62. The number of aliphatic carboxylic acids is 1. The number of benzene rings is 2. The molecule has 1 fully saturated rings. The third-order valence-corrected chi connectivity index (χ3v) is 9.41. The Morgan fingerprint density at radius 2 is 1.93 bits per heavy atom. The van der Waals surface area contributed by atoms with E-state index in [1.54, 1.807) is 25.2 Å². The van der Waals surface area contributed by atoms with E-state index < -0.39 is 23.9 Å². The van der Waals surface area contributed by atoms with Crippen molar-refractivity contribution in [2.45, 2.75) is 63.4 Å². The molecule has 0 saturated heterocycles. The zero-order valence-corrected chi connectivity index (χ0v) is 24.8. The predicted octanol–water partition coefficient (Wildman–Crippen LogP) is 5.77. The Labute approximate surface area is 247 Å². The van der Waals surface area contributed by atoms with Gasteiger partial charge in [-0.25, -0.2) is 4.79 Å². The van der Waals surface area contributed by atoms with Crippen LogP contribution < -0.4 is 9.64 Å². The number of anilines is 1. The minimum atomic E-state index is -2.35. The zero-order valence-electron chi connectivity index (χ0n) is 24.0. The maximum atomic E-state index is 13.0. The van der Waals surface area contributed by atoms with E-state index in [0.29, 0.717) is 43.7 Å². The first-order valence-electron chi connectivity index (χ1n) is 14.8. The van der Waals surface area contributed by atoms with Crippen molar-refractivity contribution >= 4 is 29.2 Å². The number of carboxylic acids is 1. The summed E-state index contributed by atoms with van der Waals surface area (Å²) >= 11 is 6.38. The standard InChI is InChI=1S/C33H41ClN2O5/c1-3-7-23-16-27(34)12-13-28(23)25-20-36-19-24-10-9-22(24)8-5-4-6-15-35(2)31(37)18-33(40,32(38)39)26-11-14-30(41-21-25)29(36)17-26/h4-5,11-14,16-17,22,24-25,40H,3,6-10,15,18-21H2,1-2H3,(H,38,39)/b5-4+/t22?,24?,25?,33-/m0/s1. The molecule has 4 atom stereocenters.